The predicted octanol–water partition coefficient (Wildman–Crippen LogP) is 1.82. The number of hydrogen-bond donors (Lipinski definition) is 2. The zero-order chi connectivity index (χ0) is 12.8. The van der Waals surface area contributed by atoms with Gasteiger partial charge in [-0.1, -0.05) is 6.07 Å². The van der Waals surface area contributed by atoms with Gasteiger partial charge in [0.05, 0.1) is 5.03 Å². The Hall–Kier alpha value is -2.00. The molecule has 0 unspecified atom stereocenters. The van der Waals surface area contributed by atoms with E-state index in [1.54, 1.807) is 18.4 Å². The molecule has 1 rings (SSSR count). The number of anilines is 1. The van der Waals surface area contributed by atoms with Gasteiger partial charge in [-0.25, -0.2) is 4.39 Å². The molecule has 6 heteroatoms. The average molecular weight is 251 g/mol. The second-order valence-corrected chi connectivity index (χ2v) is 3.84. The van der Waals surface area contributed by atoms with Gasteiger partial charge in [-0.2, -0.15) is 5.26 Å². The smallest absolute Gasteiger partial charge is 0.262 e. The molecular weight excluding hydrogens is 241 g/mol. The lowest BCUT2D eigenvalue weighted by Crippen LogP contribution is -2.16. The fraction of sp³-hybridized carbons (Fsp3) is 0.0909. The van der Waals surface area contributed by atoms with Crippen LogP contribution >= 0.6 is 11.8 Å². The van der Waals surface area contributed by atoms with Gasteiger partial charge in [-0.15, -0.1) is 11.8 Å². The molecule has 1 aromatic rings. The van der Waals surface area contributed by atoms with Crippen LogP contribution in [0.25, 0.3) is 0 Å². The van der Waals surface area contributed by atoms with Crippen molar-refractivity contribution in [3.63, 3.8) is 0 Å². The van der Waals surface area contributed by atoms with E-state index < -0.39 is 11.7 Å². The third-order valence-corrected chi connectivity index (χ3v) is 2.59. The lowest BCUT2D eigenvalue weighted by molar-refractivity contribution is -0.114. The van der Waals surface area contributed by atoms with E-state index in [0.717, 1.165) is 11.8 Å². The number of amides is 1. The van der Waals surface area contributed by atoms with Gasteiger partial charge in [0, 0.05) is 5.69 Å². The number of primary amides is 1. The van der Waals surface area contributed by atoms with Crippen LogP contribution in [0.5, 0.6) is 0 Å². The average Bonchev–Trinajstić information content (AvgIpc) is 2.28. The van der Waals surface area contributed by atoms with Crippen molar-refractivity contribution in [3.8, 4) is 6.07 Å². The van der Waals surface area contributed by atoms with Crippen LogP contribution in [0.4, 0.5) is 10.1 Å². The quantitative estimate of drug-likeness (QED) is 0.632. The second-order valence-electron chi connectivity index (χ2n) is 3.02. The largest absolute Gasteiger partial charge is 0.365 e. The van der Waals surface area contributed by atoms with E-state index in [4.69, 9.17) is 11.0 Å². The fourth-order valence-corrected chi connectivity index (χ4v) is 1.70. The lowest BCUT2D eigenvalue weighted by Gasteiger charge is -2.09. The molecule has 1 amide bonds. The molecule has 0 bridgehead atoms. The number of nitrogens with zero attached hydrogens (tertiary/aromatic N) is 1. The van der Waals surface area contributed by atoms with E-state index in [1.807, 2.05) is 0 Å². The van der Waals surface area contributed by atoms with Crippen molar-refractivity contribution < 1.29 is 9.18 Å². The number of carbonyl (C=O) groups is 1. The number of benzene rings is 1. The number of nitrogens with two attached hydrogens (primary N) is 1. The van der Waals surface area contributed by atoms with Crippen LogP contribution in [-0.4, -0.2) is 12.2 Å². The topological polar surface area (TPSA) is 78.9 Å². The summed E-state index contributed by atoms with van der Waals surface area (Å²) in [6.07, 6.45) is 1.68. The van der Waals surface area contributed by atoms with Crippen LogP contribution in [0.2, 0.25) is 0 Å². The number of thioether (sulfide) groups is 1. The Morgan fingerprint density at radius 3 is 2.76 bits per heavy atom. The number of halogens is 1. The molecule has 1 aromatic carbocycles. The summed E-state index contributed by atoms with van der Waals surface area (Å²) in [5.41, 5.74) is 5.33. The van der Waals surface area contributed by atoms with Crippen molar-refractivity contribution in [2.45, 2.75) is 0 Å². The molecule has 0 atom stereocenters. The van der Waals surface area contributed by atoms with Crippen molar-refractivity contribution in [2.75, 3.05) is 11.6 Å². The fourth-order valence-electron chi connectivity index (χ4n) is 1.13. The monoisotopic (exact) mass is 251 g/mol. The summed E-state index contributed by atoms with van der Waals surface area (Å²) in [4.78, 5) is 11.0. The molecule has 0 aliphatic rings. The summed E-state index contributed by atoms with van der Waals surface area (Å²) < 4.78 is 12.9. The van der Waals surface area contributed by atoms with Crippen molar-refractivity contribution in [1.82, 2.24) is 0 Å². The maximum Gasteiger partial charge on any atom is 0.262 e. The summed E-state index contributed by atoms with van der Waals surface area (Å²) in [6, 6.07) is 7.41. The number of carbonyl (C=O) groups excluding carboxylic acids is 1. The van der Waals surface area contributed by atoms with Crippen LogP contribution in [0.1, 0.15) is 0 Å². The Morgan fingerprint density at radius 2 is 2.29 bits per heavy atom. The van der Waals surface area contributed by atoms with E-state index in [1.165, 1.54) is 18.2 Å². The van der Waals surface area contributed by atoms with Gasteiger partial charge >= 0.3 is 0 Å². The highest BCUT2D eigenvalue weighted by atomic mass is 32.2. The maximum atomic E-state index is 12.9. The highest BCUT2D eigenvalue weighted by molar-refractivity contribution is 8.02. The van der Waals surface area contributed by atoms with Gasteiger partial charge < -0.3 is 11.1 Å². The molecule has 4 nitrogen and oxygen atoms in total. The molecule has 0 saturated heterocycles. The first-order valence-corrected chi connectivity index (χ1v) is 5.81. The Labute approximate surface area is 102 Å². The van der Waals surface area contributed by atoms with E-state index in [2.05, 4.69) is 5.32 Å². The Bertz CT molecular complexity index is 508. The van der Waals surface area contributed by atoms with Crippen LogP contribution in [0, 0.1) is 17.1 Å². The number of nitriles is 1. The van der Waals surface area contributed by atoms with Crippen LogP contribution in [0.3, 0.4) is 0 Å². The van der Waals surface area contributed by atoms with E-state index in [0.29, 0.717) is 10.7 Å². The molecular formula is C11H10FN3OS. The molecule has 0 heterocycles. The minimum absolute atomic E-state index is 0.179. The summed E-state index contributed by atoms with van der Waals surface area (Å²) in [5.74, 6) is -1.23. The second kappa shape index (κ2) is 5.92. The van der Waals surface area contributed by atoms with Gasteiger partial charge in [0.2, 0.25) is 0 Å². The molecule has 17 heavy (non-hydrogen) atoms. The number of rotatable bonds is 4. The standard InChI is InChI=1S/C11H10FN3OS/c1-17-11(9(6-13)10(14)16)15-8-4-2-3-7(12)5-8/h2-5,15H,1H3,(H2,14,16). The van der Waals surface area contributed by atoms with E-state index in [9.17, 15) is 9.18 Å². The maximum absolute atomic E-state index is 12.9. The molecule has 0 spiro atoms. The number of nitrogens with one attached hydrogen (secondary N) is 1. The molecule has 0 aromatic heterocycles. The highest BCUT2D eigenvalue weighted by Gasteiger charge is 2.11. The van der Waals surface area contributed by atoms with Crippen molar-refractivity contribution in [1.29, 1.82) is 5.26 Å². The van der Waals surface area contributed by atoms with Crippen LogP contribution < -0.4 is 11.1 Å². The third kappa shape index (κ3) is 3.50. The van der Waals surface area contributed by atoms with Gasteiger partial charge in [-0.3, -0.25) is 4.79 Å². The lowest BCUT2D eigenvalue weighted by atomic mass is 10.3. The zero-order valence-electron chi connectivity index (χ0n) is 9.03. The van der Waals surface area contributed by atoms with Crippen LogP contribution in [0.15, 0.2) is 34.9 Å². The summed E-state index contributed by atoms with van der Waals surface area (Å²) >= 11 is 1.15. The first-order valence-electron chi connectivity index (χ1n) is 4.59. The van der Waals surface area contributed by atoms with Crippen LogP contribution in [-0.2, 0) is 4.79 Å². The Morgan fingerprint density at radius 1 is 1.59 bits per heavy atom. The van der Waals surface area contributed by atoms with E-state index in [-0.39, 0.29) is 5.57 Å². The summed E-state index contributed by atoms with van der Waals surface area (Å²) in [6.45, 7) is 0. The first kappa shape index (κ1) is 13.1. The minimum Gasteiger partial charge on any atom is -0.365 e. The minimum atomic E-state index is -0.819. The molecule has 0 fully saturated rings. The molecule has 0 radical (unpaired) electrons. The van der Waals surface area contributed by atoms with Crippen molar-refractivity contribution >= 4 is 23.4 Å². The van der Waals surface area contributed by atoms with Gasteiger partial charge in [-0.05, 0) is 24.5 Å². The highest BCUT2D eigenvalue weighted by Crippen LogP contribution is 2.20. The Kier molecular flexibility index (Phi) is 4.55. The van der Waals surface area contributed by atoms with E-state index >= 15 is 0 Å². The Balaban J connectivity index is 3.06. The summed E-state index contributed by atoms with van der Waals surface area (Å²) in [5, 5.41) is 11.9. The number of hydrogen-bond acceptors (Lipinski definition) is 4. The normalized spacial score (nSPS) is 11.4. The van der Waals surface area contributed by atoms with Gasteiger partial charge in [0.1, 0.15) is 17.5 Å². The molecule has 0 aliphatic heterocycles. The zero-order valence-corrected chi connectivity index (χ0v) is 9.84. The van der Waals surface area contributed by atoms with Crippen molar-refractivity contribution in [2.24, 2.45) is 5.73 Å². The third-order valence-electron chi connectivity index (χ3n) is 1.87. The molecule has 3 N–H and O–H groups in total. The molecule has 0 saturated carbocycles. The van der Waals surface area contributed by atoms with Gasteiger partial charge in [0.15, 0.2) is 0 Å². The SMILES string of the molecule is CSC(Nc1cccc(F)c1)=C(C#N)C(N)=O. The first-order chi connectivity index (χ1) is 8.08. The predicted molar refractivity (Wildman–Crippen MR) is 65.4 cm³/mol. The molecule has 88 valence electrons. The molecule has 0 aliphatic carbocycles. The van der Waals surface area contributed by atoms with Crippen molar-refractivity contribution in [3.05, 3.63) is 40.7 Å². The van der Waals surface area contributed by atoms with Gasteiger partial charge in [0.25, 0.3) is 5.91 Å². The summed E-state index contributed by atoms with van der Waals surface area (Å²) in [7, 11) is 0.